The van der Waals surface area contributed by atoms with E-state index in [0.717, 1.165) is 29.2 Å². The van der Waals surface area contributed by atoms with Crippen LogP contribution >= 0.6 is 0 Å². The van der Waals surface area contributed by atoms with Crippen molar-refractivity contribution >= 4 is 55.7 Å². The summed E-state index contributed by atoms with van der Waals surface area (Å²) >= 11 is 0. The second-order valence-electron chi connectivity index (χ2n) is 12.9. The number of para-hydroxylation sites is 1. The minimum Gasteiger partial charge on any atom is -0.310 e. The summed E-state index contributed by atoms with van der Waals surface area (Å²) in [6.07, 6.45) is 3.53. The number of anilines is 6. The first-order valence-electron chi connectivity index (χ1n) is 17.7. The first kappa shape index (κ1) is 31.2. The molecule has 0 bridgehead atoms. The molecule has 0 aliphatic heterocycles. The smallest absolute Gasteiger partial charge is 0.0540 e. The van der Waals surface area contributed by atoms with Crippen LogP contribution in [0.4, 0.5) is 34.1 Å². The number of nitrogens with zero attached hydrogens (tertiary/aromatic N) is 2. The van der Waals surface area contributed by atoms with Gasteiger partial charge in [0.05, 0.1) is 11.4 Å². The zero-order valence-electron chi connectivity index (χ0n) is 28.4. The van der Waals surface area contributed by atoms with Crippen LogP contribution in [0.15, 0.2) is 188 Å². The van der Waals surface area contributed by atoms with Crippen molar-refractivity contribution in [3.05, 3.63) is 194 Å². The average molecular weight is 645 g/mol. The molecule has 0 saturated heterocycles. The van der Waals surface area contributed by atoms with Crippen LogP contribution in [-0.4, -0.2) is 0 Å². The molecule has 0 fully saturated rings. The van der Waals surface area contributed by atoms with E-state index in [9.17, 15) is 0 Å². The molecule has 8 aromatic carbocycles. The molecule has 2 heteroatoms. The Morgan fingerprint density at radius 1 is 0.360 bits per heavy atom. The van der Waals surface area contributed by atoms with Crippen molar-refractivity contribution < 1.29 is 0 Å². The van der Waals surface area contributed by atoms with E-state index in [-0.39, 0.29) is 0 Å². The van der Waals surface area contributed by atoms with Gasteiger partial charge in [-0.15, -0.1) is 0 Å². The molecule has 50 heavy (non-hydrogen) atoms. The Hall–Kier alpha value is -6.12. The first-order valence-corrected chi connectivity index (χ1v) is 17.7. The fourth-order valence-electron chi connectivity index (χ4n) is 7.04. The molecule has 0 N–H and O–H groups in total. The molecule has 8 rings (SSSR count). The molecule has 0 saturated carbocycles. The van der Waals surface area contributed by atoms with E-state index in [1.54, 1.807) is 0 Å². The highest BCUT2D eigenvalue weighted by Crippen LogP contribution is 2.41. The molecule has 0 aliphatic rings. The van der Waals surface area contributed by atoms with Crippen molar-refractivity contribution in [2.45, 2.75) is 26.2 Å². The fraction of sp³-hybridized carbons (Fsp3) is 0.0833. The number of unbranched alkanes of at least 4 members (excludes halogenated alkanes) is 1. The fourth-order valence-corrected chi connectivity index (χ4v) is 7.04. The summed E-state index contributed by atoms with van der Waals surface area (Å²) in [5.41, 5.74) is 10.6. The van der Waals surface area contributed by atoms with Crippen LogP contribution in [0, 0.1) is 0 Å². The summed E-state index contributed by atoms with van der Waals surface area (Å²) < 4.78 is 0. The van der Waals surface area contributed by atoms with Gasteiger partial charge >= 0.3 is 0 Å². The summed E-state index contributed by atoms with van der Waals surface area (Å²) in [5.74, 6) is 0. The molecule has 242 valence electrons. The van der Waals surface area contributed by atoms with Gasteiger partial charge in [-0.1, -0.05) is 141 Å². The second-order valence-corrected chi connectivity index (χ2v) is 12.9. The Morgan fingerprint density at radius 3 is 1.24 bits per heavy atom. The van der Waals surface area contributed by atoms with Crippen LogP contribution in [0.2, 0.25) is 0 Å². The molecule has 8 aromatic rings. The van der Waals surface area contributed by atoms with Crippen LogP contribution in [0.3, 0.4) is 0 Å². The van der Waals surface area contributed by atoms with Gasteiger partial charge in [-0.3, -0.25) is 0 Å². The van der Waals surface area contributed by atoms with Gasteiger partial charge in [-0.05, 0) is 101 Å². The van der Waals surface area contributed by atoms with Gasteiger partial charge in [0.1, 0.15) is 0 Å². The zero-order chi connectivity index (χ0) is 33.7. The van der Waals surface area contributed by atoms with E-state index in [0.29, 0.717) is 0 Å². The van der Waals surface area contributed by atoms with Crippen LogP contribution in [0.25, 0.3) is 32.7 Å². The quantitative estimate of drug-likeness (QED) is 0.146. The lowest BCUT2D eigenvalue weighted by Gasteiger charge is -2.27. The van der Waals surface area contributed by atoms with E-state index >= 15 is 0 Å². The van der Waals surface area contributed by atoms with Gasteiger partial charge in [0.25, 0.3) is 0 Å². The Labute approximate surface area is 295 Å². The highest BCUT2D eigenvalue weighted by atomic mass is 15.1. The van der Waals surface area contributed by atoms with Crippen LogP contribution in [-0.2, 0) is 6.42 Å². The first-order chi connectivity index (χ1) is 24.8. The monoisotopic (exact) mass is 644 g/mol. The van der Waals surface area contributed by atoms with Crippen LogP contribution in [0.1, 0.15) is 25.3 Å². The summed E-state index contributed by atoms with van der Waals surface area (Å²) in [6.45, 7) is 2.25. The summed E-state index contributed by atoms with van der Waals surface area (Å²) in [6, 6.07) is 68.1. The number of rotatable bonds is 10. The van der Waals surface area contributed by atoms with Gasteiger partial charge in [0.2, 0.25) is 0 Å². The van der Waals surface area contributed by atoms with E-state index in [1.165, 1.54) is 62.5 Å². The molecular weight excluding hydrogens is 605 g/mol. The highest BCUT2D eigenvalue weighted by molar-refractivity contribution is 6.00. The third-order valence-electron chi connectivity index (χ3n) is 9.63. The molecule has 0 atom stereocenters. The van der Waals surface area contributed by atoms with E-state index in [1.807, 2.05) is 0 Å². The topological polar surface area (TPSA) is 6.48 Å². The lowest BCUT2D eigenvalue weighted by Crippen LogP contribution is -2.10. The SMILES string of the molecule is CCCCc1ccc(N(c2ccc(-c3ccc(N(c4ccccc4)c4cccc5ccccc45)cc3)cc2)c2cccc3ccccc23)cc1. The molecule has 0 aromatic heterocycles. The molecule has 0 aliphatic carbocycles. The van der Waals surface area contributed by atoms with E-state index in [4.69, 9.17) is 0 Å². The number of hydrogen-bond acceptors (Lipinski definition) is 2. The maximum absolute atomic E-state index is 2.39. The van der Waals surface area contributed by atoms with Crippen molar-refractivity contribution in [1.82, 2.24) is 0 Å². The third kappa shape index (κ3) is 6.24. The lowest BCUT2D eigenvalue weighted by molar-refractivity contribution is 0.795. The molecular formula is C48H40N2. The summed E-state index contributed by atoms with van der Waals surface area (Å²) in [7, 11) is 0. The highest BCUT2D eigenvalue weighted by Gasteiger charge is 2.17. The molecule has 0 amide bonds. The zero-order valence-corrected chi connectivity index (χ0v) is 28.4. The van der Waals surface area contributed by atoms with Gasteiger partial charge in [0, 0.05) is 33.5 Å². The van der Waals surface area contributed by atoms with Crippen molar-refractivity contribution in [3.63, 3.8) is 0 Å². The standard InChI is InChI=1S/C48H40N2/c1-2-3-13-36-24-30-42(31-25-36)50(48-23-12-17-40-15-8-10-21-46(40)48)44-34-28-38(29-35-44)37-26-32-43(33-27-37)49(41-18-5-4-6-19-41)47-22-11-16-39-14-7-9-20-45(39)47/h4-12,14-35H,2-3,13H2,1H3. The predicted octanol–water partition coefficient (Wildman–Crippen LogP) is 13.9. The maximum atomic E-state index is 2.39. The minimum atomic E-state index is 1.11. The normalized spacial score (nSPS) is 11.1. The summed E-state index contributed by atoms with van der Waals surface area (Å²) in [5, 5.41) is 4.93. The van der Waals surface area contributed by atoms with Gasteiger partial charge in [-0.25, -0.2) is 0 Å². The Bertz CT molecular complexity index is 2330. The predicted molar refractivity (Wildman–Crippen MR) is 215 cm³/mol. The van der Waals surface area contributed by atoms with Crippen molar-refractivity contribution in [1.29, 1.82) is 0 Å². The van der Waals surface area contributed by atoms with Gasteiger partial charge in [-0.2, -0.15) is 0 Å². The van der Waals surface area contributed by atoms with E-state index < -0.39 is 0 Å². The largest absolute Gasteiger partial charge is 0.310 e. The number of fused-ring (bicyclic) bond motifs is 2. The second kappa shape index (κ2) is 14.2. The Kier molecular flexibility index (Phi) is 8.83. The lowest BCUT2D eigenvalue weighted by atomic mass is 10.0. The molecule has 2 nitrogen and oxygen atoms in total. The minimum absolute atomic E-state index is 1.11. The van der Waals surface area contributed by atoms with Crippen molar-refractivity contribution in [2.24, 2.45) is 0 Å². The number of hydrogen-bond donors (Lipinski definition) is 0. The average Bonchev–Trinajstić information content (AvgIpc) is 3.19. The summed E-state index contributed by atoms with van der Waals surface area (Å²) in [4.78, 5) is 4.74. The van der Waals surface area contributed by atoms with Crippen molar-refractivity contribution in [3.8, 4) is 11.1 Å². The molecule has 0 spiro atoms. The number of aryl methyl sites for hydroxylation is 1. The maximum Gasteiger partial charge on any atom is 0.0540 e. The van der Waals surface area contributed by atoms with Crippen LogP contribution < -0.4 is 9.80 Å². The molecule has 0 heterocycles. The van der Waals surface area contributed by atoms with Gasteiger partial charge in [0.15, 0.2) is 0 Å². The molecule has 0 radical (unpaired) electrons. The van der Waals surface area contributed by atoms with Gasteiger partial charge < -0.3 is 9.80 Å². The number of benzene rings is 8. The Balaban J connectivity index is 1.14. The molecule has 0 unspecified atom stereocenters. The Morgan fingerprint density at radius 2 is 0.760 bits per heavy atom. The van der Waals surface area contributed by atoms with E-state index in [2.05, 4.69) is 205 Å². The third-order valence-corrected chi connectivity index (χ3v) is 9.63. The van der Waals surface area contributed by atoms with Crippen molar-refractivity contribution in [2.75, 3.05) is 9.80 Å². The van der Waals surface area contributed by atoms with Crippen LogP contribution in [0.5, 0.6) is 0 Å².